The quantitative estimate of drug-likeness (QED) is 0.593. The molecule has 0 amide bonds. The molecule has 0 aliphatic heterocycles. The highest BCUT2D eigenvalue weighted by Crippen LogP contribution is 2.40. The standard InChI is InChI=1S/C19H26O4/c1-22-18(20)17(19(21)23-2)13-16(14-9-5-3-6-10-14)15-11-7-4-8-12-15/h3,5-6,9-10,15-17H,4,7-8,11-13H2,1-2H3/t16-/m0/s1. The Hall–Kier alpha value is -1.84. The molecule has 0 N–H and O–H groups in total. The van der Waals surface area contributed by atoms with Crippen LogP contribution in [-0.4, -0.2) is 26.2 Å². The molecule has 4 heteroatoms. The number of benzene rings is 1. The summed E-state index contributed by atoms with van der Waals surface area (Å²) in [6.07, 6.45) is 6.46. The minimum atomic E-state index is -0.850. The first-order valence-electron chi connectivity index (χ1n) is 8.38. The molecule has 1 saturated carbocycles. The average molecular weight is 318 g/mol. The van der Waals surface area contributed by atoms with E-state index in [0.29, 0.717) is 12.3 Å². The second kappa shape index (κ2) is 8.70. The van der Waals surface area contributed by atoms with Crippen LogP contribution >= 0.6 is 0 Å². The zero-order valence-corrected chi connectivity index (χ0v) is 14.0. The summed E-state index contributed by atoms with van der Waals surface area (Å²) in [6.45, 7) is 0. The van der Waals surface area contributed by atoms with E-state index in [1.165, 1.54) is 39.0 Å². The molecule has 0 bridgehead atoms. The third kappa shape index (κ3) is 4.57. The molecule has 0 radical (unpaired) electrons. The van der Waals surface area contributed by atoms with Crippen molar-refractivity contribution < 1.29 is 19.1 Å². The number of carbonyl (C=O) groups is 2. The Morgan fingerprint density at radius 2 is 1.57 bits per heavy atom. The SMILES string of the molecule is COC(=O)C(C[C@@H](c1ccccc1)C1CCCCC1)C(=O)OC. The molecule has 1 aromatic carbocycles. The van der Waals surface area contributed by atoms with Crippen LogP contribution in [0.3, 0.4) is 0 Å². The van der Waals surface area contributed by atoms with Crippen molar-refractivity contribution in [3.63, 3.8) is 0 Å². The highest BCUT2D eigenvalue weighted by molar-refractivity contribution is 5.94. The van der Waals surface area contributed by atoms with E-state index in [2.05, 4.69) is 12.1 Å². The van der Waals surface area contributed by atoms with Crippen LogP contribution in [0.4, 0.5) is 0 Å². The molecule has 0 heterocycles. The molecule has 23 heavy (non-hydrogen) atoms. The van der Waals surface area contributed by atoms with E-state index in [1.807, 2.05) is 18.2 Å². The lowest BCUT2D eigenvalue weighted by Crippen LogP contribution is -2.30. The van der Waals surface area contributed by atoms with E-state index in [1.54, 1.807) is 0 Å². The van der Waals surface area contributed by atoms with Crippen molar-refractivity contribution in [2.24, 2.45) is 11.8 Å². The lowest BCUT2D eigenvalue weighted by Gasteiger charge is -2.32. The number of ether oxygens (including phenoxy) is 2. The van der Waals surface area contributed by atoms with Crippen molar-refractivity contribution in [1.82, 2.24) is 0 Å². The van der Waals surface area contributed by atoms with Crippen molar-refractivity contribution in [3.8, 4) is 0 Å². The predicted octanol–water partition coefficient (Wildman–Crippen LogP) is 3.70. The van der Waals surface area contributed by atoms with Gasteiger partial charge in [0, 0.05) is 0 Å². The summed E-state index contributed by atoms with van der Waals surface area (Å²) in [5.41, 5.74) is 1.19. The summed E-state index contributed by atoms with van der Waals surface area (Å²) in [5, 5.41) is 0. The normalized spacial score (nSPS) is 16.8. The molecule has 126 valence electrons. The zero-order chi connectivity index (χ0) is 16.7. The van der Waals surface area contributed by atoms with Crippen molar-refractivity contribution in [1.29, 1.82) is 0 Å². The van der Waals surface area contributed by atoms with Crippen LogP contribution in [0.25, 0.3) is 0 Å². The van der Waals surface area contributed by atoms with Gasteiger partial charge in [-0.05, 0) is 36.7 Å². The second-order valence-corrected chi connectivity index (χ2v) is 6.25. The van der Waals surface area contributed by atoms with Crippen LogP contribution in [0.2, 0.25) is 0 Å². The molecule has 1 aliphatic carbocycles. The number of esters is 2. The van der Waals surface area contributed by atoms with E-state index < -0.39 is 17.9 Å². The van der Waals surface area contributed by atoms with Crippen LogP contribution in [0.1, 0.15) is 50.0 Å². The fourth-order valence-corrected chi connectivity index (χ4v) is 3.66. The summed E-state index contributed by atoms with van der Waals surface area (Å²) in [7, 11) is 2.63. The van der Waals surface area contributed by atoms with Crippen LogP contribution in [-0.2, 0) is 19.1 Å². The molecular weight excluding hydrogens is 292 g/mol. The Kier molecular flexibility index (Phi) is 6.63. The van der Waals surface area contributed by atoms with Crippen molar-refractivity contribution in [3.05, 3.63) is 35.9 Å². The van der Waals surface area contributed by atoms with E-state index in [-0.39, 0.29) is 5.92 Å². The fourth-order valence-electron chi connectivity index (χ4n) is 3.66. The molecule has 0 unspecified atom stereocenters. The Balaban J connectivity index is 2.24. The Morgan fingerprint density at radius 3 is 2.09 bits per heavy atom. The Morgan fingerprint density at radius 1 is 1.00 bits per heavy atom. The lowest BCUT2D eigenvalue weighted by molar-refractivity contribution is -0.159. The fraction of sp³-hybridized carbons (Fsp3) is 0.579. The first kappa shape index (κ1) is 17.5. The van der Waals surface area contributed by atoms with E-state index in [9.17, 15) is 9.59 Å². The number of hydrogen-bond donors (Lipinski definition) is 0. The highest BCUT2D eigenvalue weighted by Gasteiger charge is 2.35. The third-order valence-electron chi connectivity index (χ3n) is 4.91. The van der Waals surface area contributed by atoms with Crippen molar-refractivity contribution >= 4 is 11.9 Å². The first-order chi connectivity index (χ1) is 11.2. The molecule has 4 nitrogen and oxygen atoms in total. The Bertz CT molecular complexity index is 489. The molecule has 1 fully saturated rings. The van der Waals surface area contributed by atoms with E-state index in [0.717, 1.165) is 12.8 Å². The minimum absolute atomic E-state index is 0.180. The largest absolute Gasteiger partial charge is 0.468 e. The van der Waals surface area contributed by atoms with Crippen LogP contribution in [0.15, 0.2) is 30.3 Å². The number of carbonyl (C=O) groups excluding carboxylic acids is 2. The summed E-state index contributed by atoms with van der Waals surface area (Å²) in [5.74, 6) is -1.18. The first-order valence-corrected chi connectivity index (χ1v) is 8.38. The van der Waals surface area contributed by atoms with Gasteiger partial charge in [0.05, 0.1) is 14.2 Å². The van der Waals surface area contributed by atoms with Gasteiger partial charge >= 0.3 is 11.9 Å². The van der Waals surface area contributed by atoms with Gasteiger partial charge in [-0.2, -0.15) is 0 Å². The Labute approximate surface area is 138 Å². The summed E-state index contributed by atoms with van der Waals surface area (Å²) >= 11 is 0. The molecular formula is C19H26O4. The molecule has 1 aliphatic rings. The van der Waals surface area contributed by atoms with Gasteiger partial charge in [-0.1, -0.05) is 49.6 Å². The predicted molar refractivity (Wildman–Crippen MR) is 87.9 cm³/mol. The van der Waals surface area contributed by atoms with Gasteiger partial charge in [0.1, 0.15) is 0 Å². The van der Waals surface area contributed by atoms with Gasteiger partial charge < -0.3 is 9.47 Å². The average Bonchev–Trinajstić information content (AvgIpc) is 2.63. The van der Waals surface area contributed by atoms with Gasteiger partial charge in [-0.25, -0.2) is 0 Å². The van der Waals surface area contributed by atoms with Gasteiger partial charge in [-0.15, -0.1) is 0 Å². The van der Waals surface area contributed by atoms with Gasteiger partial charge in [-0.3, -0.25) is 9.59 Å². The monoisotopic (exact) mass is 318 g/mol. The second-order valence-electron chi connectivity index (χ2n) is 6.25. The molecule has 2 rings (SSSR count). The smallest absolute Gasteiger partial charge is 0.320 e. The molecule has 1 atom stereocenters. The summed E-state index contributed by atoms with van der Waals surface area (Å²) < 4.78 is 9.64. The van der Waals surface area contributed by atoms with E-state index >= 15 is 0 Å². The van der Waals surface area contributed by atoms with Gasteiger partial charge in [0.25, 0.3) is 0 Å². The number of rotatable bonds is 6. The number of methoxy groups -OCH3 is 2. The zero-order valence-electron chi connectivity index (χ0n) is 14.0. The molecule has 1 aromatic rings. The van der Waals surface area contributed by atoms with Crippen LogP contribution in [0, 0.1) is 11.8 Å². The molecule has 0 aromatic heterocycles. The number of hydrogen-bond acceptors (Lipinski definition) is 4. The van der Waals surface area contributed by atoms with Gasteiger partial charge in [0.15, 0.2) is 5.92 Å². The highest BCUT2D eigenvalue weighted by atomic mass is 16.5. The van der Waals surface area contributed by atoms with Crippen molar-refractivity contribution in [2.75, 3.05) is 14.2 Å². The van der Waals surface area contributed by atoms with Crippen LogP contribution in [0.5, 0.6) is 0 Å². The molecule has 0 saturated heterocycles. The maximum absolute atomic E-state index is 12.0. The lowest BCUT2D eigenvalue weighted by atomic mass is 9.73. The maximum atomic E-state index is 12.0. The topological polar surface area (TPSA) is 52.6 Å². The summed E-state index contributed by atoms with van der Waals surface area (Å²) in [4.78, 5) is 24.1. The third-order valence-corrected chi connectivity index (χ3v) is 4.91. The summed E-state index contributed by atoms with van der Waals surface area (Å²) in [6, 6.07) is 10.2. The van der Waals surface area contributed by atoms with Crippen molar-refractivity contribution in [2.45, 2.75) is 44.4 Å². The maximum Gasteiger partial charge on any atom is 0.320 e. The van der Waals surface area contributed by atoms with E-state index in [4.69, 9.17) is 9.47 Å². The minimum Gasteiger partial charge on any atom is -0.468 e. The van der Waals surface area contributed by atoms with Gasteiger partial charge in [0.2, 0.25) is 0 Å². The molecule has 0 spiro atoms. The van der Waals surface area contributed by atoms with Crippen LogP contribution < -0.4 is 0 Å².